The molecular weight excluding hydrogens is 398 g/mol. The maximum absolute atomic E-state index is 13.0. The van der Waals surface area contributed by atoms with Crippen molar-refractivity contribution in [2.24, 2.45) is 0 Å². The van der Waals surface area contributed by atoms with E-state index < -0.39 is 21.4 Å². The van der Waals surface area contributed by atoms with Crippen LogP contribution in [-0.2, 0) is 26.0 Å². The third-order valence-electron chi connectivity index (χ3n) is 4.84. The summed E-state index contributed by atoms with van der Waals surface area (Å²) in [5.74, 6) is -0.516. The molecule has 1 fully saturated rings. The van der Waals surface area contributed by atoms with Gasteiger partial charge in [0.15, 0.2) is 0 Å². The molecule has 158 valence electrons. The van der Waals surface area contributed by atoms with Gasteiger partial charge in [-0.15, -0.1) is 0 Å². The number of carbonyl (C=O) groups is 1. The minimum Gasteiger partial charge on any atom is -0.383 e. The SMILES string of the molecule is CCn1cc(C(=O)NCCOC)c(=O)c2cc(S(=O)(=O)N3CCOCC3)ccc21. The van der Waals surface area contributed by atoms with Gasteiger partial charge in [-0.3, -0.25) is 9.59 Å². The van der Waals surface area contributed by atoms with Gasteiger partial charge in [0.1, 0.15) is 5.56 Å². The van der Waals surface area contributed by atoms with Crippen LogP contribution in [0.25, 0.3) is 10.9 Å². The number of morpholine rings is 1. The monoisotopic (exact) mass is 423 g/mol. The molecular formula is C19H25N3O6S. The molecule has 1 aliphatic rings. The Morgan fingerprint density at radius 3 is 2.66 bits per heavy atom. The maximum Gasteiger partial charge on any atom is 0.256 e. The average Bonchev–Trinajstić information content (AvgIpc) is 2.74. The van der Waals surface area contributed by atoms with E-state index in [-0.39, 0.29) is 35.5 Å². The lowest BCUT2D eigenvalue weighted by Gasteiger charge is -2.26. The number of carbonyl (C=O) groups excluding carboxylic acids is 1. The van der Waals surface area contributed by atoms with Gasteiger partial charge in [-0.25, -0.2) is 8.42 Å². The summed E-state index contributed by atoms with van der Waals surface area (Å²) in [6, 6.07) is 4.47. The Kier molecular flexibility index (Phi) is 6.68. The molecule has 0 atom stereocenters. The number of sulfonamides is 1. The molecule has 1 aromatic carbocycles. The number of nitrogens with one attached hydrogen (secondary N) is 1. The fourth-order valence-electron chi connectivity index (χ4n) is 3.26. The molecule has 9 nitrogen and oxygen atoms in total. The Labute approximate surface area is 169 Å². The van der Waals surface area contributed by atoms with Gasteiger partial charge >= 0.3 is 0 Å². The van der Waals surface area contributed by atoms with Crippen LogP contribution in [-0.4, -0.2) is 69.8 Å². The number of aromatic nitrogens is 1. The molecule has 0 radical (unpaired) electrons. The van der Waals surface area contributed by atoms with Gasteiger partial charge in [-0.1, -0.05) is 0 Å². The lowest BCUT2D eigenvalue weighted by Crippen LogP contribution is -2.40. The van der Waals surface area contributed by atoms with E-state index in [1.807, 2.05) is 6.92 Å². The lowest BCUT2D eigenvalue weighted by atomic mass is 10.1. The largest absolute Gasteiger partial charge is 0.383 e. The molecule has 10 heteroatoms. The molecule has 2 aromatic rings. The van der Waals surface area contributed by atoms with E-state index in [1.54, 1.807) is 10.6 Å². The zero-order chi connectivity index (χ0) is 21.0. The molecule has 0 aliphatic carbocycles. The van der Waals surface area contributed by atoms with Crippen molar-refractivity contribution >= 4 is 26.8 Å². The van der Waals surface area contributed by atoms with Crippen LogP contribution < -0.4 is 10.7 Å². The first-order valence-electron chi connectivity index (χ1n) is 9.42. The normalized spacial score (nSPS) is 15.5. The number of amides is 1. The number of methoxy groups -OCH3 is 1. The van der Waals surface area contributed by atoms with Gasteiger partial charge in [0.05, 0.1) is 30.2 Å². The predicted molar refractivity (Wildman–Crippen MR) is 108 cm³/mol. The average molecular weight is 423 g/mol. The van der Waals surface area contributed by atoms with Crippen LogP contribution in [0.15, 0.2) is 34.1 Å². The first-order chi connectivity index (χ1) is 13.9. The molecule has 1 N–H and O–H groups in total. The molecule has 3 rings (SSSR count). The van der Waals surface area contributed by atoms with Crippen LogP contribution in [0.4, 0.5) is 0 Å². The zero-order valence-electron chi connectivity index (χ0n) is 16.5. The Bertz CT molecular complexity index is 1060. The Morgan fingerprint density at radius 2 is 2.00 bits per heavy atom. The van der Waals surface area contributed by atoms with Crippen molar-refractivity contribution in [3.05, 3.63) is 40.2 Å². The van der Waals surface area contributed by atoms with Crippen molar-refractivity contribution in [2.75, 3.05) is 46.6 Å². The number of ether oxygens (including phenoxy) is 2. The molecule has 1 amide bonds. The first kappa shape index (κ1) is 21.4. The molecule has 0 saturated carbocycles. The van der Waals surface area contributed by atoms with E-state index in [1.165, 1.54) is 29.7 Å². The number of pyridine rings is 1. The van der Waals surface area contributed by atoms with Crippen LogP contribution in [0, 0.1) is 0 Å². The highest BCUT2D eigenvalue weighted by molar-refractivity contribution is 7.89. The number of benzene rings is 1. The third-order valence-corrected chi connectivity index (χ3v) is 6.73. The summed E-state index contributed by atoms with van der Waals surface area (Å²) in [6.45, 7) is 4.19. The van der Waals surface area contributed by atoms with Crippen LogP contribution in [0.3, 0.4) is 0 Å². The number of fused-ring (bicyclic) bond motifs is 1. The molecule has 2 heterocycles. The standard InChI is InChI=1S/C19H25N3O6S/c1-3-21-13-16(19(24)20-6-9-27-2)18(23)15-12-14(4-5-17(15)21)29(25,26)22-7-10-28-11-8-22/h4-5,12-13H,3,6-11H2,1-2H3,(H,20,24). The smallest absolute Gasteiger partial charge is 0.256 e. The van der Waals surface area contributed by atoms with E-state index in [4.69, 9.17) is 9.47 Å². The minimum atomic E-state index is -3.75. The molecule has 0 unspecified atom stereocenters. The summed E-state index contributed by atoms with van der Waals surface area (Å²) >= 11 is 0. The van der Waals surface area contributed by atoms with Gasteiger partial charge in [-0.2, -0.15) is 4.31 Å². The molecule has 0 spiro atoms. The van der Waals surface area contributed by atoms with Crippen molar-refractivity contribution in [3.63, 3.8) is 0 Å². The Hall–Kier alpha value is -2.27. The highest BCUT2D eigenvalue weighted by atomic mass is 32.2. The van der Waals surface area contributed by atoms with E-state index in [2.05, 4.69) is 5.32 Å². The second-order valence-electron chi connectivity index (χ2n) is 6.60. The fraction of sp³-hybridized carbons (Fsp3) is 0.474. The summed E-state index contributed by atoms with van der Waals surface area (Å²) in [7, 11) is -2.24. The number of nitrogens with zero attached hydrogens (tertiary/aromatic N) is 2. The topological polar surface area (TPSA) is 107 Å². The van der Waals surface area contributed by atoms with Gasteiger partial charge in [0.25, 0.3) is 5.91 Å². The number of hydrogen-bond acceptors (Lipinski definition) is 6. The number of hydrogen-bond donors (Lipinski definition) is 1. The minimum absolute atomic E-state index is 0.0311. The van der Waals surface area contributed by atoms with E-state index in [9.17, 15) is 18.0 Å². The molecule has 29 heavy (non-hydrogen) atoms. The van der Waals surface area contributed by atoms with Gasteiger partial charge in [0, 0.05) is 44.9 Å². The Balaban J connectivity index is 2.07. The van der Waals surface area contributed by atoms with E-state index in [0.29, 0.717) is 31.9 Å². The molecule has 0 bridgehead atoms. The fourth-order valence-corrected chi connectivity index (χ4v) is 4.69. The molecule has 1 aliphatic heterocycles. The molecule has 1 saturated heterocycles. The predicted octanol–water partition coefficient (Wildman–Crippen LogP) is 0.419. The first-order valence-corrected chi connectivity index (χ1v) is 10.9. The van der Waals surface area contributed by atoms with Crippen LogP contribution in [0.1, 0.15) is 17.3 Å². The van der Waals surface area contributed by atoms with Crippen LogP contribution in [0.2, 0.25) is 0 Å². The lowest BCUT2D eigenvalue weighted by molar-refractivity contribution is 0.0730. The number of rotatable bonds is 7. The van der Waals surface area contributed by atoms with Gasteiger partial charge in [-0.05, 0) is 25.1 Å². The highest BCUT2D eigenvalue weighted by Gasteiger charge is 2.27. The van der Waals surface area contributed by atoms with Crippen molar-refractivity contribution in [2.45, 2.75) is 18.4 Å². The summed E-state index contributed by atoms with van der Waals surface area (Å²) in [4.78, 5) is 25.5. The van der Waals surface area contributed by atoms with Crippen LogP contribution >= 0.6 is 0 Å². The van der Waals surface area contributed by atoms with Gasteiger partial charge in [0.2, 0.25) is 15.5 Å². The van der Waals surface area contributed by atoms with Crippen molar-refractivity contribution in [3.8, 4) is 0 Å². The van der Waals surface area contributed by atoms with Crippen LogP contribution in [0.5, 0.6) is 0 Å². The summed E-state index contributed by atoms with van der Waals surface area (Å²) < 4.78 is 39.1. The summed E-state index contributed by atoms with van der Waals surface area (Å²) in [5.41, 5.74) is 0.0434. The molecule has 1 aromatic heterocycles. The van der Waals surface area contributed by atoms with Crippen molar-refractivity contribution in [1.29, 1.82) is 0 Å². The maximum atomic E-state index is 13.0. The zero-order valence-corrected chi connectivity index (χ0v) is 17.3. The van der Waals surface area contributed by atoms with E-state index >= 15 is 0 Å². The third kappa shape index (κ3) is 4.35. The number of aryl methyl sites for hydroxylation is 1. The van der Waals surface area contributed by atoms with Crippen molar-refractivity contribution < 1.29 is 22.7 Å². The van der Waals surface area contributed by atoms with Gasteiger partial charge < -0.3 is 19.4 Å². The Morgan fingerprint density at radius 1 is 1.28 bits per heavy atom. The second kappa shape index (κ2) is 9.04. The second-order valence-corrected chi connectivity index (χ2v) is 8.54. The van der Waals surface area contributed by atoms with E-state index in [0.717, 1.165) is 0 Å². The quantitative estimate of drug-likeness (QED) is 0.647. The highest BCUT2D eigenvalue weighted by Crippen LogP contribution is 2.22. The van der Waals surface area contributed by atoms with Crippen molar-refractivity contribution in [1.82, 2.24) is 14.2 Å². The summed E-state index contributed by atoms with van der Waals surface area (Å²) in [6.07, 6.45) is 1.50. The summed E-state index contributed by atoms with van der Waals surface area (Å²) in [5, 5.41) is 2.83.